The minimum absolute atomic E-state index is 0.618. The summed E-state index contributed by atoms with van der Waals surface area (Å²) in [5.74, 6) is 1.38. The third-order valence-corrected chi connectivity index (χ3v) is 4.27. The molecule has 1 aromatic carbocycles. The molecule has 0 fully saturated rings. The lowest BCUT2D eigenvalue weighted by atomic mass is 9.85. The van der Waals surface area contributed by atoms with Crippen LogP contribution in [0.2, 0.25) is 0 Å². The SMILES string of the molecule is CC.CCC(C)CC(C/C=C(\C)CCCC#N)c1ccccc1. The second-order valence-corrected chi connectivity index (χ2v) is 6.15. The summed E-state index contributed by atoms with van der Waals surface area (Å²) in [4.78, 5) is 0. The smallest absolute Gasteiger partial charge is 0.0621 e. The van der Waals surface area contributed by atoms with Crippen molar-refractivity contribution in [2.45, 2.75) is 79.1 Å². The van der Waals surface area contributed by atoms with E-state index < -0.39 is 0 Å². The average Bonchev–Trinajstić information content (AvgIpc) is 2.61. The van der Waals surface area contributed by atoms with Gasteiger partial charge in [0.05, 0.1) is 6.07 Å². The number of hydrogen-bond acceptors (Lipinski definition) is 1. The summed E-state index contributed by atoms with van der Waals surface area (Å²) >= 11 is 0. The second-order valence-electron chi connectivity index (χ2n) is 6.15. The summed E-state index contributed by atoms with van der Waals surface area (Å²) in [6.07, 6.45) is 8.71. The number of allylic oxidation sites excluding steroid dienone is 2. The topological polar surface area (TPSA) is 23.8 Å². The van der Waals surface area contributed by atoms with Gasteiger partial charge in [-0.2, -0.15) is 5.26 Å². The highest BCUT2D eigenvalue weighted by Crippen LogP contribution is 2.29. The molecule has 0 aliphatic heterocycles. The van der Waals surface area contributed by atoms with E-state index in [1.54, 1.807) is 0 Å². The van der Waals surface area contributed by atoms with Gasteiger partial charge >= 0.3 is 0 Å². The Hall–Kier alpha value is -1.55. The van der Waals surface area contributed by atoms with Gasteiger partial charge in [-0.15, -0.1) is 0 Å². The van der Waals surface area contributed by atoms with Gasteiger partial charge in [0.25, 0.3) is 0 Å². The van der Waals surface area contributed by atoms with Crippen molar-refractivity contribution < 1.29 is 0 Å². The largest absolute Gasteiger partial charge is 0.198 e. The van der Waals surface area contributed by atoms with E-state index in [1.165, 1.54) is 24.0 Å². The molecule has 128 valence electrons. The molecule has 1 nitrogen and oxygen atoms in total. The van der Waals surface area contributed by atoms with Crippen LogP contribution >= 0.6 is 0 Å². The van der Waals surface area contributed by atoms with Gasteiger partial charge in [-0.25, -0.2) is 0 Å². The highest BCUT2D eigenvalue weighted by molar-refractivity contribution is 5.21. The zero-order valence-electron chi connectivity index (χ0n) is 15.8. The molecular formula is C22H35N. The lowest BCUT2D eigenvalue weighted by molar-refractivity contribution is 0.455. The summed E-state index contributed by atoms with van der Waals surface area (Å²) < 4.78 is 0. The van der Waals surface area contributed by atoms with Crippen LogP contribution in [0.1, 0.15) is 84.6 Å². The van der Waals surface area contributed by atoms with Crippen LogP contribution in [-0.2, 0) is 0 Å². The standard InChI is InChI=1S/C20H29N.C2H6/c1-4-17(2)16-20(19-11-6-5-7-12-19)14-13-18(3)10-8-9-15-21;1-2/h5-7,11-13,17,20H,4,8-10,14,16H2,1-3H3;1-2H3/b18-13+;. The molecule has 0 aliphatic carbocycles. The maximum atomic E-state index is 8.60. The second kappa shape index (κ2) is 14.1. The van der Waals surface area contributed by atoms with Crippen molar-refractivity contribution in [2.75, 3.05) is 0 Å². The number of benzene rings is 1. The number of nitrogens with zero attached hydrogens (tertiary/aromatic N) is 1. The van der Waals surface area contributed by atoms with Crippen LogP contribution in [0.3, 0.4) is 0 Å². The molecule has 0 aromatic heterocycles. The van der Waals surface area contributed by atoms with Crippen molar-refractivity contribution in [1.82, 2.24) is 0 Å². The third-order valence-electron chi connectivity index (χ3n) is 4.27. The van der Waals surface area contributed by atoms with Gasteiger partial charge in [-0.3, -0.25) is 0 Å². The summed E-state index contributed by atoms with van der Waals surface area (Å²) in [5, 5.41) is 8.60. The predicted molar refractivity (Wildman–Crippen MR) is 102 cm³/mol. The predicted octanol–water partition coefficient (Wildman–Crippen LogP) is 7.26. The highest BCUT2D eigenvalue weighted by Gasteiger charge is 2.13. The minimum Gasteiger partial charge on any atom is -0.198 e. The molecule has 0 spiro atoms. The van der Waals surface area contributed by atoms with Gasteiger partial charge in [0.1, 0.15) is 0 Å². The molecule has 0 saturated heterocycles. The molecule has 0 radical (unpaired) electrons. The molecule has 0 aliphatic rings. The van der Waals surface area contributed by atoms with Crippen LogP contribution in [0.4, 0.5) is 0 Å². The minimum atomic E-state index is 0.618. The van der Waals surface area contributed by atoms with Crippen molar-refractivity contribution in [1.29, 1.82) is 5.26 Å². The van der Waals surface area contributed by atoms with Crippen molar-refractivity contribution >= 4 is 0 Å². The van der Waals surface area contributed by atoms with Gasteiger partial charge in [0, 0.05) is 6.42 Å². The lowest BCUT2D eigenvalue weighted by Gasteiger charge is -2.20. The number of rotatable bonds is 9. The Labute approximate surface area is 144 Å². The third kappa shape index (κ3) is 9.95. The average molecular weight is 314 g/mol. The van der Waals surface area contributed by atoms with E-state index in [-0.39, 0.29) is 0 Å². The Morgan fingerprint density at radius 2 is 1.87 bits per heavy atom. The van der Waals surface area contributed by atoms with Crippen molar-refractivity contribution in [3.05, 3.63) is 47.5 Å². The molecule has 23 heavy (non-hydrogen) atoms. The van der Waals surface area contributed by atoms with Crippen molar-refractivity contribution in [2.24, 2.45) is 5.92 Å². The van der Waals surface area contributed by atoms with Crippen LogP contribution < -0.4 is 0 Å². The van der Waals surface area contributed by atoms with Crippen LogP contribution in [-0.4, -0.2) is 0 Å². The molecule has 2 unspecified atom stereocenters. The fourth-order valence-electron chi connectivity index (χ4n) is 2.64. The van der Waals surface area contributed by atoms with Crippen LogP contribution in [0, 0.1) is 17.2 Å². The van der Waals surface area contributed by atoms with Gasteiger partial charge in [-0.1, -0.05) is 76.1 Å². The van der Waals surface area contributed by atoms with Gasteiger partial charge in [0.15, 0.2) is 0 Å². The summed E-state index contributed by atoms with van der Waals surface area (Å²) in [6, 6.07) is 13.1. The van der Waals surface area contributed by atoms with Crippen LogP contribution in [0.15, 0.2) is 42.0 Å². The summed E-state index contributed by atoms with van der Waals surface area (Å²) in [5.41, 5.74) is 2.88. The van der Waals surface area contributed by atoms with E-state index in [9.17, 15) is 0 Å². The molecule has 2 atom stereocenters. The van der Waals surface area contributed by atoms with Crippen LogP contribution in [0.5, 0.6) is 0 Å². The van der Waals surface area contributed by atoms with Crippen molar-refractivity contribution in [3.63, 3.8) is 0 Å². The lowest BCUT2D eigenvalue weighted by Crippen LogP contribution is -2.04. The summed E-state index contributed by atoms with van der Waals surface area (Å²) in [6.45, 7) is 10.8. The normalized spacial score (nSPS) is 13.5. The molecule has 0 bridgehead atoms. The summed E-state index contributed by atoms with van der Waals surface area (Å²) in [7, 11) is 0. The first-order valence-corrected chi connectivity index (χ1v) is 9.24. The zero-order valence-corrected chi connectivity index (χ0v) is 15.8. The molecule has 1 heteroatoms. The Balaban J connectivity index is 0.00000232. The maximum absolute atomic E-state index is 8.60. The first kappa shape index (κ1) is 21.4. The van der Waals surface area contributed by atoms with Crippen LogP contribution in [0.25, 0.3) is 0 Å². The Bertz CT molecular complexity index is 453. The van der Waals surface area contributed by atoms with E-state index in [2.05, 4.69) is 63.2 Å². The van der Waals surface area contributed by atoms with E-state index in [0.717, 1.165) is 25.2 Å². The van der Waals surface area contributed by atoms with E-state index >= 15 is 0 Å². The first-order chi connectivity index (χ1) is 11.2. The highest BCUT2D eigenvalue weighted by atomic mass is 14.2. The van der Waals surface area contributed by atoms with Crippen molar-refractivity contribution in [3.8, 4) is 6.07 Å². The van der Waals surface area contributed by atoms with E-state index in [0.29, 0.717) is 12.3 Å². The Morgan fingerprint density at radius 1 is 1.22 bits per heavy atom. The van der Waals surface area contributed by atoms with Gasteiger partial charge in [-0.05, 0) is 50.0 Å². The maximum Gasteiger partial charge on any atom is 0.0621 e. The molecule has 0 heterocycles. The quantitative estimate of drug-likeness (QED) is 0.347. The number of hydrogen-bond donors (Lipinski definition) is 0. The van der Waals surface area contributed by atoms with Gasteiger partial charge in [0.2, 0.25) is 0 Å². The Morgan fingerprint density at radius 3 is 2.43 bits per heavy atom. The molecule has 0 saturated carbocycles. The van der Waals surface area contributed by atoms with E-state index in [4.69, 9.17) is 5.26 Å². The first-order valence-electron chi connectivity index (χ1n) is 9.24. The van der Waals surface area contributed by atoms with Gasteiger partial charge < -0.3 is 0 Å². The molecule has 1 rings (SSSR count). The zero-order chi connectivity index (χ0) is 17.5. The monoisotopic (exact) mass is 313 g/mol. The molecule has 0 N–H and O–H groups in total. The molecule has 1 aromatic rings. The molecule has 0 amide bonds. The molecular weight excluding hydrogens is 278 g/mol. The van der Waals surface area contributed by atoms with E-state index in [1.807, 2.05) is 13.8 Å². The number of nitriles is 1. The fraction of sp³-hybridized carbons (Fsp3) is 0.591. The Kier molecular flexibility index (Phi) is 13.1. The number of unbranched alkanes of at least 4 members (excludes halogenated alkanes) is 1. The fourth-order valence-corrected chi connectivity index (χ4v) is 2.64.